The minimum absolute atomic E-state index is 0.287. The quantitative estimate of drug-likeness (QED) is 0.492. The fourth-order valence-electron chi connectivity index (χ4n) is 2.97. The van der Waals surface area contributed by atoms with Gasteiger partial charge in [0.25, 0.3) is 0 Å². The highest BCUT2D eigenvalue weighted by Crippen LogP contribution is 2.28. The van der Waals surface area contributed by atoms with Crippen molar-refractivity contribution in [1.82, 2.24) is 34.1 Å². The summed E-state index contributed by atoms with van der Waals surface area (Å²) < 4.78 is 17.0. The second-order valence-electron chi connectivity index (χ2n) is 5.89. The van der Waals surface area contributed by atoms with Crippen LogP contribution in [-0.2, 0) is 7.05 Å². The highest BCUT2D eigenvalue weighted by Gasteiger charge is 2.15. The molecule has 1 aromatic carbocycles. The van der Waals surface area contributed by atoms with Crippen LogP contribution in [0.5, 0.6) is 0 Å². The third kappa shape index (κ3) is 2.16. The van der Waals surface area contributed by atoms with Crippen LogP contribution in [0.4, 0.5) is 4.39 Å². The summed E-state index contributed by atoms with van der Waals surface area (Å²) in [5.74, 6) is 0.157. The maximum absolute atomic E-state index is 13.3. The molecule has 0 atom stereocenters. The summed E-state index contributed by atoms with van der Waals surface area (Å²) in [5.41, 5.74) is 3.59. The van der Waals surface area contributed by atoms with Crippen LogP contribution in [0, 0.1) is 5.82 Å². The molecule has 0 aliphatic carbocycles. The molecule has 0 aliphatic rings. The van der Waals surface area contributed by atoms with E-state index >= 15 is 0 Å². The van der Waals surface area contributed by atoms with Gasteiger partial charge in [-0.1, -0.05) is 0 Å². The van der Waals surface area contributed by atoms with Gasteiger partial charge in [-0.25, -0.2) is 24.3 Å². The Morgan fingerprint density at radius 1 is 0.962 bits per heavy atom. The van der Waals surface area contributed by atoms with Crippen molar-refractivity contribution in [2.24, 2.45) is 7.05 Å². The van der Waals surface area contributed by atoms with Crippen LogP contribution < -0.4 is 0 Å². The van der Waals surface area contributed by atoms with Crippen LogP contribution >= 0.6 is 0 Å². The third-order valence-electron chi connectivity index (χ3n) is 4.26. The molecule has 0 bridgehead atoms. The van der Waals surface area contributed by atoms with Gasteiger partial charge >= 0.3 is 0 Å². The molecule has 0 saturated carbocycles. The Hall–Kier alpha value is -3.68. The zero-order chi connectivity index (χ0) is 17.7. The van der Waals surface area contributed by atoms with Crippen LogP contribution in [-0.4, -0.2) is 34.1 Å². The summed E-state index contributed by atoms with van der Waals surface area (Å²) in [6.07, 6.45) is 6.64. The van der Waals surface area contributed by atoms with Gasteiger partial charge in [0.05, 0.1) is 11.9 Å². The Morgan fingerprint density at radius 3 is 2.65 bits per heavy atom. The second-order valence-corrected chi connectivity index (χ2v) is 5.89. The molecule has 0 aliphatic heterocycles. The van der Waals surface area contributed by atoms with Gasteiger partial charge in [-0.3, -0.25) is 4.57 Å². The van der Waals surface area contributed by atoms with E-state index < -0.39 is 0 Å². The molecule has 126 valence electrons. The normalized spacial score (nSPS) is 11.5. The summed E-state index contributed by atoms with van der Waals surface area (Å²) in [6, 6.07) is 8.22. The van der Waals surface area contributed by atoms with Crippen molar-refractivity contribution in [1.29, 1.82) is 0 Å². The number of rotatable bonds is 2. The molecule has 8 heteroatoms. The van der Waals surface area contributed by atoms with Gasteiger partial charge in [-0.05, 0) is 30.3 Å². The highest BCUT2D eigenvalue weighted by molar-refractivity contribution is 5.91. The summed E-state index contributed by atoms with van der Waals surface area (Å²) in [5, 5.41) is 0.891. The molecule has 5 rings (SSSR count). The zero-order valence-corrected chi connectivity index (χ0v) is 13.7. The average Bonchev–Trinajstić information content (AvgIpc) is 3.26. The number of aryl methyl sites for hydroxylation is 1. The minimum Gasteiger partial charge on any atom is -0.335 e. The molecular weight excluding hydrogens is 333 g/mol. The predicted molar refractivity (Wildman–Crippen MR) is 94.1 cm³/mol. The number of imidazole rings is 1. The first-order valence-electron chi connectivity index (χ1n) is 7.93. The number of benzene rings is 1. The van der Waals surface area contributed by atoms with Crippen molar-refractivity contribution < 1.29 is 4.39 Å². The molecule has 0 N–H and O–H groups in total. The van der Waals surface area contributed by atoms with E-state index in [0.717, 1.165) is 22.3 Å². The van der Waals surface area contributed by atoms with E-state index in [1.54, 1.807) is 29.2 Å². The topological polar surface area (TPSA) is 74.3 Å². The van der Waals surface area contributed by atoms with Crippen molar-refractivity contribution in [2.75, 3.05) is 0 Å². The first-order chi connectivity index (χ1) is 12.7. The fourth-order valence-corrected chi connectivity index (χ4v) is 2.97. The van der Waals surface area contributed by atoms with E-state index in [1.165, 1.54) is 18.5 Å². The van der Waals surface area contributed by atoms with Gasteiger partial charge in [0.1, 0.15) is 29.6 Å². The summed E-state index contributed by atoms with van der Waals surface area (Å²) in [7, 11) is 1.92. The Bertz CT molecular complexity index is 1250. The first kappa shape index (κ1) is 14.6. The fraction of sp³-hybridized carbons (Fsp3) is 0.0556. The van der Waals surface area contributed by atoms with E-state index in [1.807, 2.05) is 23.9 Å². The van der Waals surface area contributed by atoms with Crippen LogP contribution in [0.3, 0.4) is 0 Å². The van der Waals surface area contributed by atoms with Crippen molar-refractivity contribution in [3.8, 4) is 17.2 Å². The second kappa shape index (κ2) is 5.41. The van der Waals surface area contributed by atoms with E-state index in [9.17, 15) is 4.39 Å². The van der Waals surface area contributed by atoms with E-state index in [0.29, 0.717) is 17.1 Å². The number of aromatic nitrogens is 7. The molecule has 7 nitrogen and oxygen atoms in total. The van der Waals surface area contributed by atoms with E-state index in [4.69, 9.17) is 4.98 Å². The van der Waals surface area contributed by atoms with Gasteiger partial charge in [0.15, 0.2) is 5.65 Å². The molecule has 0 radical (unpaired) electrons. The Kier molecular flexibility index (Phi) is 3.05. The van der Waals surface area contributed by atoms with Crippen molar-refractivity contribution in [3.05, 3.63) is 61.2 Å². The maximum atomic E-state index is 13.3. The van der Waals surface area contributed by atoms with Crippen LogP contribution in [0.1, 0.15) is 0 Å². The third-order valence-corrected chi connectivity index (χ3v) is 4.26. The number of fused-ring (bicyclic) bond motifs is 2. The number of halogens is 1. The SMILES string of the molecule is Cn1ccc2c(-c3ccc(F)cc3)nc(-n3cnc4cncnc43)nc21. The lowest BCUT2D eigenvalue weighted by molar-refractivity contribution is 0.628. The minimum atomic E-state index is -0.287. The standard InChI is InChI=1S/C18H12FN7/c1-25-7-6-13-15(11-2-4-12(19)5-3-11)23-18(24-16(13)25)26-10-22-14-8-20-9-21-17(14)26/h2-10H,1H3. The van der Waals surface area contributed by atoms with Crippen LogP contribution in [0.25, 0.3) is 39.4 Å². The van der Waals surface area contributed by atoms with Crippen molar-refractivity contribution in [3.63, 3.8) is 0 Å². The van der Waals surface area contributed by atoms with Gasteiger partial charge < -0.3 is 4.57 Å². The molecule has 4 heterocycles. The number of hydrogen-bond donors (Lipinski definition) is 0. The predicted octanol–water partition coefficient (Wildman–Crippen LogP) is 2.90. The summed E-state index contributed by atoms with van der Waals surface area (Å²) in [6.45, 7) is 0. The highest BCUT2D eigenvalue weighted by atomic mass is 19.1. The lowest BCUT2D eigenvalue weighted by Crippen LogP contribution is -2.04. The maximum Gasteiger partial charge on any atom is 0.239 e. The number of nitrogens with zero attached hydrogens (tertiary/aromatic N) is 7. The Balaban J connectivity index is 1.81. The van der Waals surface area contributed by atoms with E-state index in [-0.39, 0.29) is 5.82 Å². The smallest absolute Gasteiger partial charge is 0.239 e. The molecule has 0 unspecified atom stereocenters. The monoisotopic (exact) mass is 345 g/mol. The largest absolute Gasteiger partial charge is 0.335 e. The van der Waals surface area contributed by atoms with Gasteiger partial charge in [-0.15, -0.1) is 0 Å². The first-order valence-corrected chi connectivity index (χ1v) is 7.93. The number of hydrogen-bond acceptors (Lipinski definition) is 5. The van der Waals surface area contributed by atoms with Gasteiger partial charge in [0, 0.05) is 24.2 Å². The van der Waals surface area contributed by atoms with Crippen LogP contribution in [0.2, 0.25) is 0 Å². The van der Waals surface area contributed by atoms with Crippen molar-refractivity contribution in [2.45, 2.75) is 0 Å². The molecule has 5 aromatic rings. The molecule has 26 heavy (non-hydrogen) atoms. The lowest BCUT2D eigenvalue weighted by Gasteiger charge is -2.08. The van der Waals surface area contributed by atoms with Gasteiger partial charge in [0.2, 0.25) is 5.95 Å². The molecular formula is C18H12FN7. The van der Waals surface area contributed by atoms with Gasteiger partial charge in [-0.2, -0.15) is 4.98 Å². The summed E-state index contributed by atoms with van der Waals surface area (Å²) in [4.78, 5) is 22.0. The molecule has 0 fully saturated rings. The Labute approximate surface area is 146 Å². The van der Waals surface area contributed by atoms with E-state index in [2.05, 4.69) is 19.9 Å². The molecule has 4 aromatic heterocycles. The Morgan fingerprint density at radius 2 is 1.81 bits per heavy atom. The van der Waals surface area contributed by atoms with Crippen LogP contribution in [0.15, 0.2) is 55.4 Å². The zero-order valence-electron chi connectivity index (χ0n) is 13.7. The molecule has 0 spiro atoms. The van der Waals surface area contributed by atoms with Crippen molar-refractivity contribution >= 4 is 22.2 Å². The lowest BCUT2D eigenvalue weighted by atomic mass is 10.1. The summed E-state index contributed by atoms with van der Waals surface area (Å²) >= 11 is 0. The molecule has 0 amide bonds. The average molecular weight is 345 g/mol. The molecule has 0 saturated heterocycles.